The Labute approximate surface area is 171 Å². The molecule has 26 heavy (non-hydrogen) atoms. The van der Waals surface area contributed by atoms with E-state index < -0.39 is 0 Å². The smallest absolute Gasteiger partial charge is 0.338 e. The summed E-state index contributed by atoms with van der Waals surface area (Å²) >= 11 is 0. The summed E-state index contributed by atoms with van der Waals surface area (Å²) in [6.45, 7) is 0.712. The molecule has 2 N–H and O–H groups in total. The molecule has 1 fully saturated rings. The van der Waals surface area contributed by atoms with Crippen LogP contribution < -0.4 is 5.73 Å². The molecule has 0 heterocycles. The van der Waals surface area contributed by atoms with Gasteiger partial charge in [-0.15, -0.1) is 24.0 Å². The Morgan fingerprint density at radius 2 is 1.85 bits per heavy atom. The molecule has 0 amide bonds. The van der Waals surface area contributed by atoms with Crippen LogP contribution in [-0.2, 0) is 17.9 Å². The van der Waals surface area contributed by atoms with Gasteiger partial charge < -0.3 is 15.4 Å². The average Bonchev–Trinajstić information content (AvgIpc) is 3.50. The SMILES string of the molecule is CN(C(N)=NCc1cccc(C(=O)OCc2ccccc2)c1)C1CC1.I. The first kappa shape index (κ1) is 20.2. The molecule has 2 aromatic rings. The summed E-state index contributed by atoms with van der Waals surface area (Å²) in [5, 5.41) is 0. The van der Waals surface area contributed by atoms with E-state index in [1.807, 2.05) is 54.4 Å². The highest BCUT2D eigenvalue weighted by molar-refractivity contribution is 14.0. The van der Waals surface area contributed by atoms with E-state index in [-0.39, 0.29) is 36.6 Å². The van der Waals surface area contributed by atoms with Gasteiger partial charge in [0, 0.05) is 13.1 Å². The molecule has 3 rings (SSSR count). The highest BCUT2D eigenvalue weighted by Gasteiger charge is 2.27. The van der Waals surface area contributed by atoms with Crippen molar-refractivity contribution in [3.8, 4) is 0 Å². The highest BCUT2D eigenvalue weighted by atomic mass is 127. The molecule has 0 aliphatic heterocycles. The third-order valence-corrected chi connectivity index (χ3v) is 4.26. The summed E-state index contributed by atoms with van der Waals surface area (Å²) in [5.74, 6) is 0.206. The van der Waals surface area contributed by atoms with Crippen LogP contribution in [0.4, 0.5) is 0 Å². The van der Waals surface area contributed by atoms with Gasteiger partial charge in [-0.2, -0.15) is 0 Å². The predicted molar refractivity (Wildman–Crippen MR) is 114 cm³/mol. The van der Waals surface area contributed by atoms with Crippen LogP contribution in [0, 0.1) is 0 Å². The minimum atomic E-state index is -0.335. The van der Waals surface area contributed by atoms with Crippen LogP contribution in [-0.4, -0.2) is 29.9 Å². The molecular formula is C20H24IN3O2. The van der Waals surface area contributed by atoms with Crippen LogP contribution in [0.3, 0.4) is 0 Å². The minimum Gasteiger partial charge on any atom is -0.457 e. The lowest BCUT2D eigenvalue weighted by atomic mass is 10.1. The largest absolute Gasteiger partial charge is 0.457 e. The van der Waals surface area contributed by atoms with Crippen molar-refractivity contribution in [1.82, 2.24) is 4.90 Å². The second-order valence-corrected chi connectivity index (χ2v) is 6.28. The number of benzene rings is 2. The third-order valence-electron chi connectivity index (χ3n) is 4.26. The summed E-state index contributed by atoms with van der Waals surface area (Å²) < 4.78 is 5.36. The number of rotatable bonds is 6. The number of aliphatic imine (C=N–C) groups is 1. The molecule has 138 valence electrons. The van der Waals surface area contributed by atoms with Crippen molar-refractivity contribution in [2.75, 3.05) is 7.05 Å². The number of nitrogens with two attached hydrogens (primary N) is 1. The van der Waals surface area contributed by atoms with E-state index in [2.05, 4.69) is 4.99 Å². The van der Waals surface area contributed by atoms with E-state index in [9.17, 15) is 4.79 Å². The molecule has 0 bridgehead atoms. The van der Waals surface area contributed by atoms with E-state index in [1.165, 1.54) is 12.8 Å². The Bertz CT molecular complexity index is 761. The Morgan fingerprint density at radius 3 is 2.54 bits per heavy atom. The number of carbonyl (C=O) groups excluding carboxylic acids is 1. The van der Waals surface area contributed by atoms with Gasteiger partial charge in [-0.05, 0) is 36.1 Å². The number of ether oxygens (including phenoxy) is 1. The molecule has 1 aliphatic carbocycles. The minimum absolute atomic E-state index is 0. The van der Waals surface area contributed by atoms with Crippen LogP contribution in [0.15, 0.2) is 59.6 Å². The molecule has 0 aromatic heterocycles. The third kappa shape index (κ3) is 5.72. The molecule has 0 unspecified atom stereocenters. The van der Waals surface area contributed by atoms with Crippen LogP contribution in [0.1, 0.15) is 34.3 Å². The van der Waals surface area contributed by atoms with Gasteiger partial charge in [0.2, 0.25) is 0 Å². The van der Waals surface area contributed by atoms with Gasteiger partial charge in [0.1, 0.15) is 6.61 Å². The van der Waals surface area contributed by atoms with E-state index in [0.717, 1.165) is 11.1 Å². The summed E-state index contributed by atoms with van der Waals surface area (Å²) in [4.78, 5) is 18.7. The van der Waals surface area contributed by atoms with Crippen LogP contribution >= 0.6 is 24.0 Å². The van der Waals surface area contributed by atoms with Crippen molar-refractivity contribution in [2.45, 2.75) is 32.0 Å². The molecule has 0 radical (unpaired) electrons. The number of hydrogen-bond donors (Lipinski definition) is 1. The van der Waals surface area contributed by atoms with Crippen LogP contribution in [0.5, 0.6) is 0 Å². The number of guanidine groups is 1. The van der Waals surface area contributed by atoms with Crippen molar-refractivity contribution in [2.24, 2.45) is 10.7 Å². The first-order chi connectivity index (χ1) is 12.1. The fourth-order valence-electron chi connectivity index (χ4n) is 2.54. The maximum atomic E-state index is 12.2. The van der Waals surface area contributed by atoms with Gasteiger partial charge in [-0.25, -0.2) is 9.79 Å². The fraction of sp³-hybridized carbons (Fsp3) is 0.300. The molecule has 0 atom stereocenters. The van der Waals surface area contributed by atoms with Gasteiger partial charge in [0.05, 0.1) is 12.1 Å². The van der Waals surface area contributed by atoms with Crippen molar-refractivity contribution in [1.29, 1.82) is 0 Å². The van der Waals surface area contributed by atoms with Gasteiger partial charge in [0.25, 0.3) is 0 Å². The lowest BCUT2D eigenvalue weighted by molar-refractivity contribution is 0.0472. The predicted octanol–water partition coefficient (Wildman–Crippen LogP) is 3.57. The van der Waals surface area contributed by atoms with Crippen LogP contribution in [0.2, 0.25) is 0 Å². The second kappa shape index (κ2) is 9.56. The van der Waals surface area contributed by atoms with Crippen molar-refractivity contribution >= 4 is 35.9 Å². The summed E-state index contributed by atoms with van der Waals surface area (Å²) in [7, 11) is 1.97. The molecule has 2 aromatic carbocycles. The molecule has 0 spiro atoms. The second-order valence-electron chi connectivity index (χ2n) is 6.28. The van der Waals surface area contributed by atoms with E-state index in [0.29, 0.717) is 24.1 Å². The summed E-state index contributed by atoms with van der Waals surface area (Å²) in [5.41, 5.74) is 8.42. The molecule has 6 heteroatoms. The normalized spacial score (nSPS) is 13.7. The average molecular weight is 465 g/mol. The zero-order valence-electron chi connectivity index (χ0n) is 14.8. The maximum Gasteiger partial charge on any atom is 0.338 e. The van der Waals surface area contributed by atoms with Crippen molar-refractivity contribution in [3.05, 3.63) is 71.3 Å². The molecule has 5 nitrogen and oxygen atoms in total. The van der Waals surface area contributed by atoms with E-state index in [4.69, 9.17) is 10.5 Å². The number of esters is 1. The number of carbonyl (C=O) groups is 1. The highest BCUT2D eigenvalue weighted by Crippen LogP contribution is 2.25. The summed E-state index contributed by atoms with van der Waals surface area (Å²) in [6, 6.07) is 17.5. The number of halogens is 1. The van der Waals surface area contributed by atoms with Gasteiger partial charge in [-0.1, -0.05) is 42.5 Å². The Balaban J connectivity index is 0.00000243. The summed E-state index contributed by atoms with van der Waals surface area (Å²) in [6.07, 6.45) is 2.35. The Morgan fingerprint density at radius 1 is 1.15 bits per heavy atom. The van der Waals surface area contributed by atoms with Gasteiger partial charge in [0.15, 0.2) is 5.96 Å². The van der Waals surface area contributed by atoms with Gasteiger partial charge >= 0.3 is 5.97 Å². The molecule has 0 saturated heterocycles. The lowest BCUT2D eigenvalue weighted by Gasteiger charge is -2.16. The molecule has 1 saturated carbocycles. The maximum absolute atomic E-state index is 12.2. The monoisotopic (exact) mass is 465 g/mol. The van der Waals surface area contributed by atoms with Crippen molar-refractivity contribution < 1.29 is 9.53 Å². The first-order valence-corrected chi connectivity index (χ1v) is 8.46. The quantitative estimate of drug-likeness (QED) is 0.307. The Kier molecular flexibility index (Phi) is 7.44. The zero-order valence-corrected chi connectivity index (χ0v) is 17.1. The Hall–Kier alpha value is -2.09. The molecule has 1 aliphatic rings. The molecular weight excluding hydrogens is 441 g/mol. The van der Waals surface area contributed by atoms with Gasteiger partial charge in [-0.3, -0.25) is 0 Å². The zero-order chi connectivity index (χ0) is 17.6. The topological polar surface area (TPSA) is 67.9 Å². The van der Waals surface area contributed by atoms with Crippen molar-refractivity contribution in [3.63, 3.8) is 0 Å². The number of hydrogen-bond acceptors (Lipinski definition) is 3. The standard InChI is InChI=1S/C20H23N3O2.HI/c1-23(18-10-11-18)20(21)22-13-16-8-5-9-17(12-16)19(24)25-14-15-6-3-2-4-7-15;/h2-9,12,18H,10-11,13-14H2,1H3,(H2,21,22);1H. The first-order valence-electron chi connectivity index (χ1n) is 8.46. The van der Waals surface area contributed by atoms with E-state index in [1.54, 1.807) is 12.1 Å². The van der Waals surface area contributed by atoms with Crippen LogP contribution in [0.25, 0.3) is 0 Å². The fourth-order valence-corrected chi connectivity index (χ4v) is 2.54. The number of nitrogens with zero attached hydrogens (tertiary/aromatic N) is 2. The lowest BCUT2D eigenvalue weighted by Crippen LogP contribution is -2.35. The van der Waals surface area contributed by atoms with E-state index >= 15 is 0 Å².